The molecule has 35 heavy (non-hydrogen) atoms. The van der Waals surface area contributed by atoms with Gasteiger partial charge in [0.2, 0.25) is 5.95 Å². The molecule has 0 spiro atoms. The maximum Gasteiger partial charge on any atom is 0.278 e. The van der Waals surface area contributed by atoms with Crippen LogP contribution >= 0.6 is 0 Å². The smallest absolute Gasteiger partial charge is 0.278 e. The standard InChI is InChI=1S/C26H35N5O4/c32-19-23(10-9-20-6-2-1-3-7-20)27-16-21-11-13-31(14-12-21)26-28-17-22(18-29-26)25(33)30-35-24-8-4-5-15-34-24/h1-3,6-7,9-10,17-18,21,23-24,27,32H,4-5,8,11-16,19H2,(H,30,33)/b10-9+. The van der Waals surface area contributed by atoms with E-state index >= 15 is 0 Å². The molecule has 9 nitrogen and oxygen atoms in total. The molecule has 0 bridgehead atoms. The molecular weight excluding hydrogens is 446 g/mol. The largest absolute Gasteiger partial charge is 0.394 e. The van der Waals surface area contributed by atoms with Crippen LogP contribution in [0, 0.1) is 5.92 Å². The fraction of sp³-hybridized carbons (Fsp3) is 0.500. The Hall–Kier alpha value is -2.85. The number of nitrogens with zero attached hydrogens (tertiary/aromatic N) is 3. The molecule has 0 aliphatic carbocycles. The van der Waals surface area contributed by atoms with E-state index in [1.165, 1.54) is 12.4 Å². The number of nitrogens with one attached hydrogen (secondary N) is 2. The summed E-state index contributed by atoms with van der Waals surface area (Å²) < 4.78 is 5.44. The van der Waals surface area contributed by atoms with Gasteiger partial charge in [-0.3, -0.25) is 4.79 Å². The Balaban J connectivity index is 1.18. The third-order valence-electron chi connectivity index (χ3n) is 6.40. The van der Waals surface area contributed by atoms with Crippen molar-refractivity contribution in [3.8, 4) is 0 Å². The molecule has 1 amide bonds. The monoisotopic (exact) mass is 481 g/mol. The number of aromatic nitrogens is 2. The molecule has 1 aromatic heterocycles. The Bertz CT molecular complexity index is 927. The predicted octanol–water partition coefficient (Wildman–Crippen LogP) is 2.54. The van der Waals surface area contributed by atoms with Crippen LogP contribution in [0.25, 0.3) is 6.08 Å². The minimum Gasteiger partial charge on any atom is -0.394 e. The Morgan fingerprint density at radius 1 is 1.17 bits per heavy atom. The van der Waals surface area contributed by atoms with Crippen LogP contribution < -0.4 is 15.7 Å². The Labute approximate surface area is 206 Å². The molecule has 0 radical (unpaired) electrons. The lowest BCUT2D eigenvalue weighted by atomic mass is 9.96. The van der Waals surface area contributed by atoms with Gasteiger partial charge in [-0.15, -0.1) is 0 Å². The number of hydroxylamine groups is 1. The summed E-state index contributed by atoms with van der Waals surface area (Å²) in [7, 11) is 0. The Morgan fingerprint density at radius 2 is 1.94 bits per heavy atom. The maximum atomic E-state index is 12.3. The van der Waals surface area contributed by atoms with Crippen molar-refractivity contribution in [3.05, 3.63) is 59.9 Å². The second-order valence-corrected chi connectivity index (χ2v) is 9.01. The Kier molecular flexibility index (Phi) is 9.59. The molecule has 4 rings (SSSR count). The minimum atomic E-state index is -0.392. The minimum absolute atomic E-state index is 0.0642. The molecule has 2 unspecified atom stereocenters. The van der Waals surface area contributed by atoms with E-state index in [1.54, 1.807) is 0 Å². The number of amides is 1. The van der Waals surface area contributed by atoms with Gasteiger partial charge in [0.1, 0.15) is 0 Å². The number of anilines is 1. The van der Waals surface area contributed by atoms with Gasteiger partial charge >= 0.3 is 0 Å². The SMILES string of the molecule is O=C(NOC1CCCCO1)c1cnc(N2CCC(CNC(/C=C/c3ccccc3)CO)CC2)nc1. The zero-order valence-electron chi connectivity index (χ0n) is 20.0. The summed E-state index contributed by atoms with van der Waals surface area (Å²) in [5.74, 6) is 0.772. The van der Waals surface area contributed by atoms with Gasteiger partial charge in [0, 0.05) is 44.6 Å². The van der Waals surface area contributed by atoms with Crippen molar-refractivity contribution in [2.24, 2.45) is 5.92 Å². The summed E-state index contributed by atoms with van der Waals surface area (Å²) in [5, 5.41) is 13.2. The first-order valence-electron chi connectivity index (χ1n) is 12.4. The number of piperidine rings is 1. The molecule has 2 aliphatic rings. The molecule has 3 N–H and O–H groups in total. The second-order valence-electron chi connectivity index (χ2n) is 9.01. The number of aliphatic hydroxyl groups is 1. The van der Waals surface area contributed by atoms with E-state index in [0.29, 0.717) is 24.0 Å². The molecule has 2 saturated heterocycles. The van der Waals surface area contributed by atoms with Crippen LogP contribution in [-0.2, 0) is 9.57 Å². The van der Waals surface area contributed by atoms with Crippen molar-refractivity contribution in [1.82, 2.24) is 20.8 Å². The molecule has 2 fully saturated rings. The fourth-order valence-electron chi connectivity index (χ4n) is 4.22. The van der Waals surface area contributed by atoms with E-state index in [1.807, 2.05) is 42.5 Å². The van der Waals surface area contributed by atoms with E-state index < -0.39 is 6.29 Å². The number of rotatable bonds is 10. The van der Waals surface area contributed by atoms with E-state index in [2.05, 4.69) is 25.7 Å². The molecule has 188 valence electrons. The number of aliphatic hydroxyl groups excluding tert-OH is 1. The number of hydrogen-bond acceptors (Lipinski definition) is 8. The predicted molar refractivity (Wildman–Crippen MR) is 133 cm³/mol. The third kappa shape index (κ3) is 7.83. The van der Waals surface area contributed by atoms with Crippen molar-refractivity contribution in [3.63, 3.8) is 0 Å². The molecule has 3 heterocycles. The normalized spacial score (nSPS) is 20.1. The highest BCUT2D eigenvalue weighted by molar-refractivity contribution is 5.92. The van der Waals surface area contributed by atoms with Crippen molar-refractivity contribution in [2.75, 3.05) is 37.7 Å². The van der Waals surface area contributed by atoms with Gasteiger partial charge in [0.25, 0.3) is 5.91 Å². The number of benzene rings is 1. The van der Waals surface area contributed by atoms with Crippen molar-refractivity contribution in [1.29, 1.82) is 0 Å². The highest BCUT2D eigenvalue weighted by Crippen LogP contribution is 2.20. The highest BCUT2D eigenvalue weighted by atomic mass is 16.8. The van der Waals surface area contributed by atoms with E-state index in [0.717, 1.165) is 57.3 Å². The van der Waals surface area contributed by atoms with Crippen molar-refractivity contribution in [2.45, 2.75) is 44.4 Å². The summed E-state index contributed by atoms with van der Waals surface area (Å²) in [6.07, 6.45) is 11.6. The lowest BCUT2D eigenvalue weighted by molar-refractivity contribution is -0.186. The molecule has 2 aliphatic heterocycles. The quantitative estimate of drug-likeness (QED) is 0.445. The second kappa shape index (κ2) is 13.3. The summed E-state index contributed by atoms with van der Waals surface area (Å²) in [4.78, 5) is 28.5. The van der Waals surface area contributed by atoms with E-state index in [4.69, 9.17) is 9.57 Å². The van der Waals surface area contributed by atoms with Gasteiger partial charge in [-0.25, -0.2) is 20.3 Å². The molecule has 9 heteroatoms. The summed E-state index contributed by atoms with van der Waals surface area (Å²) in [6.45, 7) is 3.27. The molecule has 0 saturated carbocycles. The first-order valence-corrected chi connectivity index (χ1v) is 12.4. The van der Waals surface area contributed by atoms with Crippen molar-refractivity contribution < 1.29 is 19.5 Å². The zero-order chi connectivity index (χ0) is 24.3. The van der Waals surface area contributed by atoms with Crippen LogP contribution in [0.15, 0.2) is 48.8 Å². The van der Waals surface area contributed by atoms with Gasteiger partial charge in [-0.05, 0) is 43.7 Å². The maximum absolute atomic E-state index is 12.3. The lowest BCUT2D eigenvalue weighted by Crippen LogP contribution is -2.41. The summed E-state index contributed by atoms with van der Waals surface area (Å²) >= 11 is 0. The summed E-state index contributed by atoms with van der Waals surface area (Å²) in [6, 6.07) is 10.0. The van der Waals surface area contributed by atoms with Gasteiger partial charge in [0.05, 0.1) is 12.2 Å². The zero-order valence-corrected chi connectivity index (χ0v) is 20.0. The first kappa shape index (κ1) is 25.2. The summed E-state index contributed by atoms with van der Waals surface area (Å²) in [5.41, 5.74) is 3.90. The van der Waals surface area contributed by atoms with E-state index in [9.17, 15) is 9.90 Å². The molecule has 2 atom stereocenters. The fourth-order valence-corrected chi connectivity index (χ4v) is 4.22. The number of hydrogen-bond donors (Lipinski definition) is 3. The molecule has 1 aromatic carbocycles. The average molecular weight is 482 g/mol. The van der Waals surface area contributed by atoms with Gasteiger partial charge < -0.3 is 20.1 Å². The lowest BCUT2D eigenvalue weighted by Gasteiger charge is -2.32. The molecule has 2 aromatic rings. The van der Waals surface area contributed by atoms with Gasteiger partial charge in [-0.1, -0.05) is 42.5 Å². The number of carbonyl (C=O) groups excluding carboxylic acids is 1. The number of carbonyl (C=O) groups is 1. The Morgan fingerprint density at radius 3 is 2.63 bits per heavy atom. The van der Waals surface area contributed by atoms with E-state index in [-0.39, 0.29) is 18.6 Å². The van der Waals surface area contributed by atoms with Crippen LogP contribution in [0.4, 0.5) is 5.95 Å². The first-order chi connectivity index (χ1) is 17.2. The molecular formula is C26H35N5O4. The average Bonchev–Trinajstić information content (AvgIpc) is 2.93. The van der Waals surface area contributed by atoms with Gasteiger partial charge in [-0.2, -0.15) is 0 Å². The van der Waals surface area contributed by atoms with Crippen LogP contribution in [-0.4, -0.2) is 66.2 Å². The topological polar surface area (TPSA) is 109 Å². The van der Waals surface area contributed by atoms with Crippen LogP contribution in [0.1, 0.15) is 48.0 Å². The van der Waals surface area contributed by atoms with Gasteiger partial charge in [0.15, 0.2) is 6.29 Å². The van der Waals surface area contributed by atoms with Crippen molar-refractivity contribution >= 4 is 17.9 Å². The van der Waals surface area contributed by atoms with Crippen LogP contribution in [0.2, 0.25) is 0 Å². The van der Waals surface area contributed by atoms with Crippen LogP contribution in [0.5, 0.6) is 0 Å². The third-order valence-corrected chi connectivity index (χ3v) is 6.40. The highest BCUT2D eigenvalue weighted by Gasteiger charge is 2.22. The number of ether oxygens (including phenoxy) is 1. The van der Waals surface area contributed by atoms with Crippen LogP contribution in [0.3, 0.4) is 0 Å².